The first-order chi connectivity index (χ1) is 12.6. The Labute approximate surface area is 151 Å². The first kappa shape index (κ1) is 16.7. The number of aromatic nitrogens is 2. The van der Waals surface area contributed by atoms with Crippen molar-refractivity contribution in [2.75, 3.05) is 26.2 Å². The van der Waals surface area contributed by atoms with Crippen LogP contribution in [0.3, 0.4) is 0 Å². The van der Waals surface area contributed by atoms with E-state index in [1.54, 1.807) is 23.1 Å². The molecule has 2 heterocycles. The molecule has 1 saturated heterocycles. The summed E-state index contributed by atoms with van der Waals surface area (Å²) in [7, 11) is 2.03. The van der Waals surface area contributed by atoms with Gasteiger partial charge in [-0.15, -0.1) is 0 Å². The van der Waals surface area contributed by atoms with E-state index in [2.05, 4.69) is 15.5 Å². The molecule has 5 nitrogen and oxygen atoms in total. The van der Waals surface area contributed by atoms with Crippen molar-refractivity contribution in [3.63, 3.8) is 0 Å². The Balaban J connectivity index is 1.41. The van der Waals surface area contributed by atoms with Crippen molar-refractivity contribution in [1.82, 2.24) is 19.4 Å². The Hall–Kier alpha value is -2.73. The molecule has 2 aromatic carbocycles. The molecule has 1 aromatic heterocycles. The highest BCUT2D eigenvalue weighted by molar-refractivity contribution is 5.94. The van der Waals surface area contributed by atoms with Gasteiger partial charge in [0.05, 0.1) is 23.1 Å². The number of para-hydroxylation sites is 2. The van der Waals surface area contributed by atoms with Crippen LogP contribution in [0.2, 0.25) is 0 Å². The van der Waals surface area contributed by atoms with Gasteiger partial charge < -0.3 is 9.47 Å². The van der Waals surface area contributed by atoms with Crippen molar-refractivity contribution in [3.8, 4) is 0 Å². The van der Waals surface area contributed by atoms with E-state index in [1.165, 1.54) is 6.07 Å². The van der Waals surface area contributed by atoms with Crippen molar-refractivity contribution < 1.29 is 9.18 Å². The molecule has 1 aliphatic rings. The number of imidazole rings is 1. The van der Waals surface area contributed by atoms with Gasteiger partial charge in [0.25, 0.3) is 5.91 Å². The van der Waals surface area contributed by atoms with E-state index in [1.807, 2.05) is 25.2 Å². The molecule has 1 fully saturated rings. The third-order valence-corrected chi connectivity index (χ3v) is 5.01. The molecular formula is C20H21FN4O. The average Bonchev–Trinajstić information content (AvgIpc) is 2.98. The molecule has 4 rings (SSSR count). The second kappa shape index (κ2) is 6.88. The maximum absolute atomic E-state index is 13.8. The normalized spacial score (nSPS) is 15.5. The fourth-order valence-electron chi connectivity index (χ4n) is 3.45. The highest BCUT2D eigenvalue weighted by atomic mass is 19.1. The fraction of sp³-hybridized carbons (Fsp3) is 0.300. The minimum absolute atomic E-state index is 0.149. The van der Waals surface area contributed by atoms with Crippen LogP contribution >= 0.6 is 0 Å². The Morgan fingerprint density at radius 3 is 2.46 bits per heavy atom. The van der Waals surface area contributed by atoms with Crippen molar-refractivity contribution in [1.29, 1.82) is 0 Å². The summed E-state index contributed by atoms with van der Waals surface area (Å²) in [5.41, 5.74) is 2.27. The van der Waals surface area contributed by atoms with Crippen LogP contribution in [0.1, 0.15) is 16.2 Å². The van der Waals surface area contributed by atoms with E-state index in [0.29, 0.717) is 13.1 Å². The van der Waals surface area contributed by atoms with Gasteiger partial charge in [-0.05, 0) is 24.3 Å². The summed E-state index contributed by atoms with van der Waals surface area (Å²) in [6.07, 6.45) is 0. The molecule has 6 heteroatoms. The summed E-state index contributed by atoms with van der Waals surface area (Å²) in [6.45, 7) is 3.44. The van der Waals surface area contributed by atoms with Crippen molar-refractivity contribution in [2.45, 2.75) is 6.54 Å². The van der Waals surface area contributed by atoms with Crippen LogP contribution < -0.4 is 0 Å². The monoisotopic (exact) mass is 352 g/mol. The number of fused-ring (bicyclic) bond motifs is 1. The Morgan fingerprint density at radius 2 is 1.73 bits per heavy atom. The molecule has 1 amide bonds. The van der Waals surface area contributed by atoms with Gasteiger partial charge in [0.2, 0.25) is 0 Å². The second-order valence-electron chi connectivity index (χ2n) is 6.62. The van der Waals surface area contributed by atoms with E-state index in [-0.39, 0.29) is 11.5 Å². The average molecular weight is 352 g/mol. The molecule has 0 N–H and O–H groups in total. The predicted octanol–water partition coefficient (Wildman–Crippen LogP) is 2.67. The highest BCUT2D eigenvalue weighted by Gasteiger charge is 2.24. The van der Waals surface area contributed by atoms with Gasteiger partial charge in [-0.2, -0.15) is 0 Å². The maximum atomic E-state index is 13.8. The van der Waals surface area contributed by atoms with Gasteiger partial charge in [-0.1, -0.05) is 24.3 Å². The molecular weight excluding hydrogens is 331 g/mol. The first-order valence-corrected chi connectivity index (χ1v) is 8.80. The molecule has 134 valence electrons. The molecule has 0 radical (unpaired) electrons. The predicted molar refractivity (Wildman–Crippen MR) is 98.3 cm³/mol. The largest absolute Gasteiger partial charge is 0.336 e. The topological polar surface area (TPSA) is 41.4 Å². The number of carbonyl (C=O) groups excluding carboxylic acids is 1. The zero-order valence-electron chi connectivity index (χ0n) is 14.7. The van der Waals surface area contributed by atoms with Crippen molar-refractivity contribution in [3.05, 3.63) is 65.7 Å². The molecule has 3 aromatic rings. The van der Waals surface area contributed by atoms with Gasteiger partial charge in [0.1, 0.15) is 11.6 Å². The number of amides is 1. The first-order valence-electron chi connectivity index (χ1n) is 8.80. The van der Waals surface area contributed by atoms with E-state index < -0.39 is 5.82 Å². The highest BCUT2D eigenvalue weighted by Crippen LogP contribution is 2.17. The number of piperazine rings is 1. The van der Waals surface area contributed by atoms with Crippen LogP contribution in [-0.4, -0.2) is 51.4 Å². The number of rotatable bonds is 3. The molecule has 0 unspecified atom stereocenters. The van der Waals surface area contributed by atoms with Crippen LogP contribution in [0.15, 0.2) is 48.5 Å². The SMILES string of the molecule is Cn1c(CN2CCN(C(=O)c3ccccc3F)CC2)nc2ccccc21. The summed E-state index contributed by atoms with van der Waals surface area (Å²) in [5, 5.41) is 0. The zero-order chi connectivity index (χ0) is 18.1. The quantitative estimate of drug-likeness (QED) is 0.728. The van der Waals surface area contributed by atoms with Crippen LogP contribution in [0, 0.1) is 5.82 Å². The van der Waals surface area contributed by atoms with E-state index in [9.17, 15) is 9.18 Å². The molecule has 0 saturated carbocycles. The smallest absolute Gasteiger partial charge is 0.256 e. The number of halogens is 1. The third kappa shape index (κ3) is 3.08. The lowest BCUT2D eigenvalue weighted by Crippen LogP contribution is -2.48. The van der Waals surface area contributed by atoms with Gasteiger partial charge in [0, 0.05) is 33.2 Å². The molecule has 0 spiro atoms. The number of hydrogen-bond donors (Lipinski definition) is 0. The Morgan fingerprint density at radius 1 is 1.04 bits per heavy atom. The molecule has 0 atom stereocenters. The number of aryl methyl sites for hydroxylation is 1. The van der Waals surface area contributed by atoms with Gasteiger partial charge >= 0.3 is 0 Å². The lowest BCUT2D eigenvalue weighted by molar-refractivity contribution is 0.0620. The van der Waals surface area contributed by atoms with Crippen molar-refractivity contribution in [2.24, 2.45) is 7.05 Å². The van der Waals surface area contributed by atoms with Gasteiger partial charge in [-0.3, -0.25) is 9.69 Å². The molecule has 0 bridgehead atoms. The van der Waals surface area contributed by atoms with Gasteiger partial charge in [-0.25, -0.2) is 9.37 Å². The van der Waals surface area contributed by atoms with Gasteiger partial charge in [0.15, 0.2) is 0 Å². The summed E-state index contributed by atoms with van der Waals surface area (Å²) in [5.74, 6) is 0.324. The van der Waals surface area contributed by atoms with Crippen LogP contribution in [0.25, 0.3) is 11.0 Å². The fourth-order valence-corrected chi connectivity index (χ4v) is 3.45. The minimum atomic E-state index is -0.459. The van der Waals surface area contributed by atoms with E-state index >= 15 is 0 Å². The molecule has 0 aliphatic carbocycles. The number of benzene rings is 2. The summed E-state index contributed by atoms with van der Waals surface area (Å²) in [6, 6.07) is 14.3. The lowest BCUT2D eigenvalue weighted by Gasteiger charge is -2.34. The Bertz CT molecular complexity index is 944. The molecule has 1 aliphatic heterocycles. The minimum Gasteiger partial charge on any atom is -0.336 e. The zero-order valence-corrected chi connectivity index (χ0v) is 14.7. The summed E-state index contributed by atoms with van der Waals surface area (Å²) < 4.78 is 16.0. The Kier molecular flexibility index (Phi) is 4.42. The van der Waals surface area contributed by atoms with Crippen LogP contribution in [-0.2, 0) is 13.6 Å². The maximum Gasteiger partial charge on any atom is 0.256 e. The van der Waals surface area contributed by atoms with Crippen LogP contribution in [0.4, 0.5) is 4.39 Å². The number of carbonyl (C=O) groups is 1. The summed E-state index contributed by atoms with van der Waals surface area (Å²) in [4.78, 5) is 21.2. The number of hydrogen-bond acceptors (Lipinski definition) is 3. The third-order valence-electron chi connectivity index (χ3n) is 5.01. The van der Waals surface area contributed by atoms with E-state index in [0.717, 1.165) is 36.5 Å². The second-order valence-corrected chi connectivity index (χ2v) is 6.62. The lowest BCUT2D eigenvalue weighted by atomic mass is 10.1. The molecule has 26 heavy (non-hydrogen) atoms. The standard InChI is InChI=1S/C20H21FN4O/c1-23-18-9-5-4-8-17(18)22-19(23)14-24-10-12-25(13-11-24)20(26)15-6-2-3-7-16(15)21/h2-9H,10-14H2,1H3. The van der Waals surface area contributed by atoms with E-state index in [4.69, 9.17) is 4.98 Å². The van der Waals surface area contributed by atoms with Crippen molar-refractivity contribution >= 4 is 16.9 Å². The number of nitrogens with zero attached hydrogens (tertiary/aromatic N) is 4. The summed E-state index contributed by atoms with van der Waals surface area (Å²) >= 11 is 0. The van der Waals surface area contributed by atoms with Crippen LogP contribution in [0.5, 0.6) is 0 Å².